The summed E-state index contributed by atoms with van der Waals surface area (Å²) < 4.78 is 6.44. The van der Waals surface area contributed by atoms with Crippen LogP contribution in [-0.4, -0.2) is 58.8 Å². The van der Waals surface area contributed by atoms with Crippen molar-refractivity contribution >= 4 is 29.0 Å². The smallest absolute Gasteiger partial charge is 0.328 e. The molecular weight excluding hydrogens is 460 g/mol. The number of amides is 2. The van der Waals surface area contributed by atoms with Crippen molar-refractivity contribution in [2.45, 2.75) is 37.9 Å². The van der Waals surface area contributed by atoms with Gasteiger partial charge in [-0.2, -0.15) is 0 Å². The topological polar surface area (TPSA) is 118 Å². The SMILES string of the molecule is C=CCn1c(=O)c(N2CCC(NC(=O)N[C@@H](Cc3ccccc3)C(=O)OC)CC2)nc2cccnc21. The summed E-state index contributed by atoms with van der Waals surface area (Å²) in [7, 11) is 1.30. The van der Waals surface area contributed by atoms with Crippen LogP contribution >= 0.6 is 0 Å². The minimum atomic E-state index is -0.795. The molecular formula is C26H30N6O4. The Morgan fingerprint density at radius 1 is 1.19 bits per heavy atom. The van der Waals surface area contributed by atoms with Crippen LogP contribution in [-0.2, 0) is 22.5 Å². The number of anilines is 1. The molecule has 0 aliphatic carbocycles. The molecule has 0 radical (unpaired) electrons. The Bertz CT molecular complexity index is 1280. The lowest BCUT2D eigenvalue weighted by Gasteiger charge is -2.33. The number of nitrogens with one attached hydrogen (secondary N) is 2. The van der Waals surface area contributed by atoms with E-state index in [0.717, 1.165) is 5.56 Å². The average Bonchev–Trinajstić information content (AvgIpc) is 2.90. The molecule has 3 heterocycles. The summed E-state index contributed by atoms with van der Waals surface area (Å²) in [4.78, 5) is 48.9. The van der Waals surface area contributed by atoms with Crippen LogP contribution in [0, 0.1) is 0 Å². The molecule has 1 atom stereocenters. The largest absolute Gasteiger partial charge is 0.467 e. The van der Waals surface area contributed by atoms with Crippen LogP contribution in [0.2, 0.25) is 0 Å². The minimum Gasteiger partial charge on any atom is -0.467 e. The minimum absolute atomic E-state index is 0.103. The average molecular weight is 491 g/mol. The highest BCUT2D eigenvalue weighted by Crippen LogP contribution is 2.18. The van der Waals surface area contributed by atoms with Crippen molar-refractivity contribution < 1.29 is 14.3 Å². The van der Waals surface area contributed by atoms with Crippen LogP contribution in [0.4, 0.5) is 10.6 Å². The molecule has 2 aromatic heterocycles. The molecule has 1 fully saturated rings. The number of pyridine rings is 1. The number of rotatable bonds is 8. The second kappa shape index (κ2) is 11.5. The van der Waals surface area contributed by atoms with Crippen LogP contribution in [0.15, 0.2) is 66.1 Å². The second-order valence-corrected chi connectivity index (χ2v) is 8.63. The number of carbonyl (C=O) groups excluding carboxylic acids is 2. The molecule has 0 saturated carbocycles. The maximum absolute atomic E-state index is 13.1. The number of methoxy groups -OCH3 is 1. The highest BCUT2D eigenvalue weighted by atomic mass is 16.5. The Kier molecular flexibility index (Phi) is 7.94. The molecule has 1 aliphatic heterocycles. The number of fused-ring (bicyclic) bond motifs is 1. The monoisotopic (exact) mass is 490 g/mol. The maximum Gasteiger partial charge on any atom is 0.328 e. The normalized spacial score (nSPS) is 14.8. The van der Waals surface area contributed by atoms with E-state index >= 15 is 0 Å². The highest BCUT2D eigenvalue weighted by Gasteiger charge is 2.27. The highest BCUT2D eigenvalue weighted by molar-refractivity contribution is 5.84. The number of carbonyl (C=O) groups is 2. The first kappa shape index (κ1) is 24.9. The zero-order chi connectivity index (χ0) is 25.5. The van der Waals surface area contributed by atoms with Gasteiger partial charge in [-0.15, -0.1) is 6.58 Å². The standard InChI is InChI=1S/C26H30N6O4/c1-3-14-32-22-20(10-7-13-27-22)29-23(24(32)33)31-15-11-19(12-16-31)28-26(35)30-21(25(34)36-2)17-18-8-5-4-6-9-18/h3-10,13,19,21H,1,11-12,14-17H2,2H3,(H2,28,30,35)/t21-/m0/s1. The zero-order valence-corrected chi connectivity index (χ0v) is 20.2. The number of nitrogens with zero attached hydrogens (tertiary/aromatic N) is 4. The fourth-order valence-electron chi connectivity index (χ4n) is 4.37. The van der Waals surface area contributed by atoms with Crippen LogP contribution < -0.4 is 21.1 Å². The Balaban J connectivity index is 1.39. The number of piperidine rings is 1. The van der Waals surface area contributed by atoms with Gasteiger partial charge in [-0.3, -0.25) is 9.36 Å². The molecule has 0 unspecified atom stereocenters. The summed E-state index contributed by atoms with van der Waals surface area (Å²) in [6.07, 6.45) is 4.88. The van der Waals surface area contributed by atoms with Crippen LogP contribution in [0.25, 0.3) is 11.2 Å². The fraction of sp³-hybridized carbons (Fsp3) is 0.346. The molecule has 10 heteroatoms. The molecule has 1 aliphatic rings. The Hall–Kier alpha value is -4.21. The van der Waals surface area contributed by atoms with Gasteiger partial charge in [0.2, 0.25) is 0 Å². The van der Waals surface area contributed by atoms with E-state index in [-0.39, 0.29) is 11.6 Å². The first-order valence-electron chi connectivity index (χ1n) is 11.9. The number of urea groups is 1. The fourth-order valence-corrected chi connectivity index (χ4v) is 4.37. The summed E-state index contributed by atoms with van der Waals surface area (Å²) in [5.74, 6) is -0.134. The van der Waals surface area contributed by atoms with E-state index in [9.17, 15) is 14.4 Å². The zero-order valence-electron chi connectivity index (χ0n) is 20.2. The third-order valence-electron chi connectivity index (χ3n) is 6.20. The van der Waals surface area contributed by atoms with E-state index in [2.05, 4.69) is 27.2 Å². The summed E-state index contributed by atoms with van der Waals surface area (Å²) >= 11 is 0. The quantitative estimate of drug-likeness (QED) is 0.366. The van der Waals surface area contributed by atoms with Gasteiger partial charge in [-0.1, -0.05) is 36.4 Å². The third-order valence-corrected chi connectivity index (χ3v) is 6.20. The Morgan fingerprint density at radius 3 is 2.64 bits per heavy atom. The summed E-state index contributed by atoms with van der Waals surface area (Å²) in [5, 5.41) is 5.69. The maximum atomic E-state index is 13.1. The molecule has 4 rings (SSSR count). The molecule has 2 amide bonds. The van der Waals surface area contributed by atoms with Gasteiger partial charge < -0.3 is 20.3 Å². The van der Waals surface area contributed by atoms with Crippen molar-refractivity contribution in [2.24, 2.45) is 0 Å². The first-order valence-corrected chi connectivity index (χ1v) is 11.9. The van der Waals surface area contributed by atoms with Gasteiger partial charge >= 0.3 is 12.0 Å². The number of hydrogen-bond donors (Lipinski definition) is 2. The molecule has 2 N–H and O–H groups in total. The number of aromatic nitrogens is 3. The summed E-state index contributed by atoms with van der Waals surface area (Å²) in [6.45, 7) is 5.19. The summed E-state index contributed by atoms with van der Waals surface area (Å²) in [6, 6.07) is 11.7. The van der Waals surface area contributed by atoms with Gasteiger partial charge in [0.15, 0.2) is 11.5 Å². The van der Waals surface area contributed by atoms with E-state index < -0.39 is 18.0 Å². The summed E-state index contributed by atoms with van der Waals surface area (Å²) in [5.41, 5.74) is 1.87. The lowest BCUT2D eigenvalue weighted by Crippen LogP contribution is -2.53. The van der Waals surface area contributed by atoms with Crippen molar-refractivity contribution in [3.05, 3.63) is 77.2 Å². The van der Waals surface area contributed by atoms with Crippen molar-refractivity contribution in [3.8, 4) is 0 Å². The van der Waals surface area contributed by atoms with E-state index in [1.54, 1.807) is 22.9 Å². The van der Waals surface area contributed by atoms with Gasteiger partial charge in [0.1, 0.15) is 11.6 Å². The van der Waals surface area contributed by atoms with Crippen molar-refractivity contribution in [1.82, 2.24) is 25.2 Å². The van der Waals surface area contributed by atoms with E-state index in [1.165, 1.54) is 7.11 Å². The van der Waals surface area contributed by atoms with E-state index in [1.807, 2.05) is 41.3 Å². The number of allylic oxidation sites excluding steroid dienone is 1. The number of hydrogen-bond acceptors (Lipinski definition) is 7. The van der Waals surface area contributed by atoms with Crippen molar-refractivity contribution in [3.63, 3.8) is 0 Å². The van der Waals surface area contributed by atoms with Crippen molar-refractivity contribution in [2.75, 3.05) is 25.1 Å². The van der Waals surface area contributed by atoms with Gasteiger partial charge in [0.05, 0.1) is 7.11 Å². The number of benzene rings is 1. The molecule has 0 bridgehead atoms. The molecule has 10 nitrogen and oxygen atoms in total. The first-order chi connectivity index (χ1) is 17.5. The molecule has 1 aromatic carbocycles. The molecule has 36 heavy (non-hydrogen) atoms. The number of esters is 1. The molecule has 1 saturated heterocycles. The lowest BCUT2D eigenvalue weighted by molar-refractivity contribution is -0.142. The number of ether oxygens (including phenoxy) is 1. The van der Waals surface area contributed by atoms with E-state index in [0.29, 0.717) is 55.9 Å². The Labute approximate surface area is 209 Å². The van der Waals surface area contributed by atoms with Gasteiger partial charge in [-0.25, -0.2) is 19.6 Å². The second-order valence-electron chi connectivity index (χ2n) is 8.63. The van der Waals surface area contributed by atoms with Gasteiger partial charge in [-0.05, 0) is 30.5 Å². The van der Waals surface area contributed by atoms with Crippen molar-refractivity contribution in [1.29, 1.82) is 0 Å². The lowest BCUT2D eigenvalue weighted by atomic mass is 10.0. The molecule has 0 spiro atoms. The van der Waals surface area contributed by atoms with Crippen LogP contribution in [0.5, 0.6) is 0 Å². The van der Waals surface area contributed by atoms with E-state index in [4.69, 9.17) is 4.74 Å². The third kappa shape index (κ3) is 5.70. The molecule has 188 valence electrons. The van der Waals surface area contributed by atoms with Gasteiger partial charge in [0, 0.05) is 38.3 Å². The van der Waals surface area contributed by atoms with Crippen LogP contribution in [0.1, 0.15) is 18.4 Å². The predicted octanol–water partition coefficient (Wildman–Crippen LogP) is 2.03. The Morgan fingerprint density at radius 2 is 1.94 bits per heavy atom. The predicted molar refractivity (Wildman–Crippen MR) is 137 cm³/mol. The van der Waals surface area contributed by atoms with Crippen LogP contribution in [0.3, 0.4) is 0 Å². The van der Waals surface area contributed by atoms with Gasteiger partial charge in [0.25, 0.3) is 5.56 Å². The molecule has 3 aromatic rings.